The quantitative estimate of drug-likeness (QED) is 0.539. The molecule has 4 rings (SSSR count). The van der Waals surface area contributed by atoms with E-state index in [-0.39, 0.29) is 11.8 Å². The first-order chi connectivity index (χ1) is 15.6. The molecule has 1 aliphatic rings. The average Bonchev–Trinajstić information content (AvgIpc) is 2.82. The number of rotatable bonds is 7. The fourth-order valence-corrected chi connectivity index (χ4v) is 4.26. The van der Waals surface area contributed by atoms with Crippen molar-refractivity contribution in [2.45, 2.75) is 38.8 Å². The highest BCUT2D eigenvalue weighted by atomic mass is 16.2. The summed E-state index contributed by atoms with van der Waals surface area (Å²) in [7, 11) is 0. The maximum atomic E-state index is 12.8. The van der Waals surface area contributed by atoms with E-state index in [0.29, 0.717) is 30.4 Å². The Morgan fingerprint density at radius 1 is 0.969 bits per heavy atom. The van der Waals surface area contributed by atoms with Gasteiger partial charge in [-0.3, -0.25) is 9.59 Å². The van der Waals surface area contributed by atoms with Gasteiger partial charge in [0.2, 0.25) is 0 Å². The van der Waals surface area contributed by atoms with Crippen molar-refractivity contribution in [3.63, 3.8) is 0 Å². The zero-order chi connectivity index (χ0) is 22.3. The summed E-state index contributed by atoms with van der Waals surface area (Å²) in [4.78, 5) is 25.4. The summed E-state index contributed by atoms with van der Waals surface area (Å²) in [6, 6.07) is 24.0. The van der Waals surface area contributed by atoms with Gasteiger partial charge in [0.15, 0.2) is 6.54 Å². The summed E-state index contributed by atoms with van der Waals surface area (Å²) in [6.07, 6.45) is 3.32. The lowest BCUT2D eigenvalue weighted by molar-refractivity contribution is -0.687. The van der Waals surface area contributed by atoms with Gasteiger partial charge >= 0.3 is 0 Å². The number of aryl methyl sites for hydroxylation is 2. The third-order valence-electron chi connectivity index (χ3n) is 6.02. The van der Waals surface area contributed by atoms with Crippen molar-refractivity contribution in [3.05, 3.63) is 101 Å². The highest BCUT2D eigenvalue weighted by Crippen LogP contribution is 2.26. The molecule has 3 aromatic rings. The predicted octanol–water partition coefficient (Wildman–Crippen LogP) is 3.50. The molecular formula is C27H30N3O2+. The van der Waals surface area contributed by atoms with Crippen LogP contribution in [0.3, 0.4) is 0 Å². The van der Waals surface area contributed by atoms with Crippen LogP contribution in [-0.2, 0) is 17.8 Å². The third-order valence-corrected chi connectivity index (χ3v) is 6.02. The van der Waals surface area contributed by atoms with Crippen LogP contribution in [0.15, 0.2) is 72.8 Å². The van der Waals surface area contributed by atoms with Gasteiger partial charge in [0.05, 0.1) is 11.3 Å². The fourth-order valence-electron chi connectivity index (χ4n) is 4.26. The van der Waals surface area contributed by atoms with Crippen LogP contribution in [0.5, 0.6) is 0 Å². The van der Waals surface area contributed by atoms with Crippen molar-refractivity contribution >= 4 is 17.5 Å². The van der Waals surface area contributed by atoms with Gasteiger partial charge in [-0.25, -0.2) is 0 Å². The number of quaternary nitrogens is 1. The second-order valence-corrected chi connectivity index (χ2v) is 8.40. The van der Waals surface area contributed by atoms with E-state index in [9.17, 15) is 9.59 Å². The van der Waals surface area contributed by atoms with Gasteiger partial charge < -0.3 is 16.0 Å². The van der Waals surface area contributed by atoms with E-state index < -0.39 is 0 Å². The minimum Gasteiger partial charge on any atom is -0.348 e. The average molecular weight is 429 g/mol. The van der Waals surface area contributed by atoms with Crippen molar-refractivity contribution in [1.82, 2.24) is 5.32 Å². The number of nitrogens with two attached hydrogens (primary N) is 1. The molecule has 2 amide bonds. The first kappa shape index (κ1) is 21.8. The SMILES string of the molecule is Cc1ccc(CNC(=O)c2ccccc2NC(=O)C[NH2+][C@@H]2CCCc3ccccc32)cc1. The van der Waals surface area contributed by atoms with Crippen molar-refractivity contribution in [2.75, 3.05) is 11.9 Å². The van der Waals surface area contributed by atoms with Gasteiger partial charge in [-0.05, 0) is 43.0 Å². The Labute approximate surface area is 189 Å². The Hall–Kier alpha value is -3.44. The van der Waals surface area contributed by atoms with Crippen LogP contribution in [0.4, 0.5) is 5.69 Å². The van der Waals surface area contributed by atoms with E-state index in [4.69, 9.17) is 0 Å². The summed E-state index contributed by atoms with van der Waals surface area (Å²) in [5.41, 5.74) is 5.94. The monoisotopic (exact) mass is 428 g/mol. The molecule has 5 nitrogen and oxygen atoms in total. The normalized spacial score (nSPS) is 15.0. The smallest absolute Gasteiger partial charge is 0.279 e. The number of hydrogen-bond donors (Lipinski definition) is 3. The van der Waals surface area contributed by atoms with Crippen LogP contribution < -0.4 is 16.0 Å². The molecule has 0 heterocycles. The molecule has 3 aromatic carbocycles. The van der Waals surface area contributed by atoms with E-state index >= 15 is 0 Å². The van der Waals surface area contributed by atoms with Crippen LogP contribution in [0.2, 0.25) is 0 Å². The van der Waals surface area contributed by atoms with Crippen molar-refractivity contribution in [2.24, 2.45) is 0 Å². The predicted molar refractivity (Wildman–Crippen MR) is 126 cm³/mol. The molecule has 0 aromatic heterocycles. The summed E-state index contributed by atoms with van der Waals surface area (Å²) >= 11 is 0. The topological polar surface area (TPSA) is 74.8 Å². The largest absolute Gasteiger partial charge is 0.348 e. The maximum absolute atomic E-state index is 12.8. The summed E-state index contributed by atoms with van der Waals surface area (Å²) < 4.78 is 0. The highest BCUT2D eigenvalue weighted by molar-refractivity contribution is 6.03. The number of carbonyl (C=O) groups excluding carboxylic acids is 2. The molecule has 1 aliphatic carbocycles. The Bertz CT molecular complexity index is 1090. The number of para-hydroxylation sites is 1. The summed E-state index contributed by atoms with van der Waals surface area (Å²) in [5, 5.41) is 7.98. The van der Waals surface area contributed by atoms with Crippen LogP contribution in [0.1, 0.15) is 51.5 Å². The minimum absolute atomic E-state index is 0.105. The molecule has 0 aliphatic heterocycles. The van der Waals surface area contributed by atoms with E-state index in [1.807, 2.05) is 43.3 Å². The fraction of sp³-hybridized carbons (Fsp3) is 0.259. The molecule has 0 saturated heterocycles. The number of anilines is 1. The molecule has 32 heavy (non-hydrogen) atoms. The number of carbonyl (C=O) groups is 2. The Balaban J connectivity index is 1.35. The molecule has 4 N–H and O–H groups in total. The van der Waals surface area contributed by atoms with Gasteiger partial charge in [-0.15, -0.1) is 0 Å². The summed E-state index contributed by atoms with van der Waals surface area (Å²) in [5.74, 6) is -0.307. The Morgan fingerprint density at radius 3 is 2.56 bits per heavy atom. The zero-order valence-electron chi connectivity index (χ0n) is 18.4. The first-order valence-electron chi connectivity index (χ1n) is 11.2. The number of hydrogen-bond acceptors (Lipinski definition) is 2. The highest BCUT2D eigenvalue weighted by Gasteiger charge is 2.23. The second-order valence-electron chi connectivity index (χ2n) is 8.40. The Kier molecular flexibility index (Phi) is 6.97. The second kappa shape index (κ2) is 10.2. The van der Waals surface area contributed by atoms with Crippen molar-refractivity contribution < 1.29 is 14.9 Å². The molecule has 0 fully saturated rings. The van der Waals surface area contributed by atoms with Crippen molar-refractivity contribution in [3.8, 4) is 0 Å². The lowest BCUT2D eigenvalue weighted by Gasteiger charge is -2.23. The Morgan fingerprint density at radius 2 is 1.72 bits per heavy atom. The lowest BCUT2D eigenvalue weighted by Crippen LogP contribution is -2.87. The summed E-state index contributed by atoms with van der Waals surface area (Å²) in [6.45, 7) is 2.79. The molecular weight excluding hydrogens is 398 g/mol. The van der Waals surface area contributed by atoms with Gasteiger partial charge in [0, 0.05) is 18.5 Å². The molecule has 0 bridgehead atoms. The first-order valence-corrected chi connectivity index (χ1v) is 11.2. The zero-order valence-corrected chi connectivity index (χ0v) is 18.4. The molecule has 0 spiro atoms. The van der Waals surface area contributed by atoms with Crippen LogP contribution in [0, 0.1) is 6.92 Å². The molecule has 0 saturated carbocycles. The molecule has 164 valence electrons. The van der Waals surface area contributed by atoms with Crippen LogP contribution >= 0.6 is 0 Å². The standard InChI is InChI=1S/C27H29N3O2/c1-19-13-15-20(16-14-19)17-29-27(32)23-10-4-5-11-25(23)30-26(31)18-28-24-12-6-8-21-7-2-3-9-22(21)24/h2-5,7,9-11,13-16,24,28H,6,8,12,17-18H2,1H3,(H,29,32)(H,30,31)/p+1/t24-/m1/s1. The maximum Gasteiger partial charge on any atom is 0.279 e. The molecule has 0 radical (unpaired) electrons. The van der Waals surface area contributed by atoms with Crippen LogP contribution in [0.25, 0.3) is 0 Å². The number of nitrogens with one attached hydrogen (secondary N) is 2. The third kappa shape index (κ3) is 5.42. The number of fused-ring (bicyclic) bond motifs is 1. The van der Waals surface area contributed by atoms with E-state index in [0.717, 1.165) is 24.8 Å². The van der Waals surface area contributed by atoms with Gasteiger partial charge in [-0.2, -0.15) is 0 Å². The van der Waals surface area contributed by atoms with E-state index in [1.54, 1.807) is 12.1 Å². The van der Waals surface area contributed by atoms with E-state index in [2.05, 4.69) is 40.2 Å². The lowest BCUT2D eigenvalue weighted by atomic mass is 9.88. The van der Waals surface area contributed by atoms with Crippen LogP contribution in [-0.4, -0.2) is 18.4 Å². The van der Waals surface area contributed by atoms with Crippen molar-refractivity contribution in [1.29, 1.82) is 0 Å². The van der Waals surface area contributed by atoms with E-state index in [1.165, 1.54) is 16.7 Å². The van der Waals surface area contributed by atoms with Gasteiger partial charge in [0.25, 0.3) is 11.8 Å². The molecule has 5 heteroatoms. The minimum atomic E-state index is -0.202. The van der Waals surface area contributed by atoms with Gasteiger partial charge in [-0.1, -0.05) is 66.2 Å². The molecule has 1 atom stereocenters. The number of benzene rings is 3. The van der Waals surface area contributed by atoms with Gasteiger partial charge in [0.1, 0.15) is 6.04 Å². The number of amides is 2. The molecule has 0 unspecified atom stereocenters.